The number of aryl methyl sites for hydroxylation is 1. The molecule has 2 rings (SSSR count). The first-order chi connectivity index (χ1) is 11.2. The van der Waals surface area contributed by atoms with Crippen molar-refractivity contribution in [1.82, 2.24) is 10.2 Å². The van der Waals surface area contributed by atoms with Crippen molar-refractivity contribution < 1.29 is 19.1 Å². The third-order valence-electron chi connectivity index (χ3n) is 3.82. The van der Waals surface area contributed by atoms with Crippen LogP contribution in [0.25, 0.3) is 0 Å². The minimum Gasteiger partial charge on any atom is -0.497 e. The van der Waals surface area contributed by atoms with E-state index in [2.05, 4.69) is 5.32 Å². The number of hydrogen-bond acceptors (Lipinski definition) is 4. The maximum absolute atomic E-state index is 12.4. The summed E-state index contributed by atoms with van der Waals surface area (Å²) >= 11 is 0. The molecule has 1 N–H and O–H groups in total. The van der Waals surface area contributed by atoms with Gasteiger partial charge in [0.15, 0.2) is 0 Å². The Kier molecular flexibility index (Phi) is 6.87. The van der Waals surface area contributed by atoms with Crippen molar-refractivity contribution >= 4 is 11.8 Å². The summed E-state index contributed by atoms with van der Waals surface area (Å²) in [6.07, 6.45) is 1.44. The van der Waals surface area contributed by atoms with Gasteiger partial charge in [-0.05, 0) is 24.1 Å². The van der Waals surface area contributed by atoms with E-state index in [4.69, 9.17) is 9.47 Å². The molecule has 1 heterocycles. The molecule has 1 aromatic carbocycles. The zero-order valence-corrected chi connectivity index (χ0v) is 13.5. The van der Waals surface area contributed by atoms with Gasteiger partial charge in [0.25, 0.3) is 0 Å². The Hall–Kier alpha value is -2.08. The van der Waals surface area contributed by atoms with Crippen LogP contribution < -0.4 is 10.1 Å². The van der Waals surface area contributed by atoms with Gasteiger partial charge in [-0.25, -0.2) is 0 Å². The van der Waals surface area contributed by atoms with Crippen LogP contribution in [-0.4, -0.2) is 56.7 Å². The summed E-state index contributed by atoms with van der Waals surface area (Å²) in [6, 6.07) is 7.71. The highest BCUT2D eigenvalue weighted by atomic mass is 16.5. The van der Waals surface area contributed by atoms with Gasteiger partial charge in [-0.1, -0.05) is 12.1 Å². The Morgan fingerprint density at radius 1 is 1.26 bits per heavy atom. The quantitative estimate of drug-likeness (QED) is 0.898. The predicted octanol–water partition coefficient (Wildman–Crippen LogP) is 0.993. The number of nitrogens with zero attached hydrogens (tertiary/aromatic N) is 1. The van der Waals surface area contributed by atoms with Crippen LogP contribution in [0.5, 0.6) is 5.75 Å². The monoisotopic (exact) mass is 320 g/mol. The molecule has 0 atom stereocenters. The number of rotatable bonds is 4. The molecule has 1 aliphatic rings. The van der Waals surface area contributed by atoms with E-state index in [0.29, 0.717) is 52.1 Å². The molecule has 1 fully saturated rings. The second-order valence-corrected chi connectivity index (χ2v) is 5.44. The molecule has 23 heavy (non-hydrogen) atoms. The summed E-state index contributed by atoms with van der Waals surface area (Å²) in [5.41, 5.74) is 1.09. The van der Waals surface area contributed by atoms with E-state index in [-0.39, 0.29) is 11.8 Å². The number of ether oxygens (including phenoxy) is 2. The fraction of sp³-hybridized carbons (Fsp3) is 0.529. The zero-order chi connectivity index (χ0) is 16.5. The van der Waals surface area contributed by atoms with Crippen molar-refractivity contribution in [3.63, 3.8) is 0 Å². The standard InChI is InChI=1S/C17H24N2O4/c1-22-15-5-2-14(3-6-15)4-7-17(21)19-10-8-16(20)18-9-12-23-13-11-19/h2-3,5-6H,4,7-13H2,1H3,(H,18,20). The lowest BCUT2D eigenvalue weighted by Crippen LogP contribution is -2.39. The Morgan fingerprint density at radius 3 is 2.78 bits per heavy atom. The van der Waals surface area contributed by atoms with E-state index in [0.717, 1.165) is 11.3 Å². The first-order valence-electron chi connectivity index (χ1n) is 7.94. The van der Waals surface area contributed by atoms with E-state index >= 15 is 0 Å². The minimum atomic E-state index is -0.0385. The van der Waals surface area contributed by atoms with Gasteiger partial charge in [0.05, 0.1) is 20.3 Å². The summed E-state index contributed by atoms with van der Waals surface area (Å²) in [5.74, 6) is 0.820. The highest BCUT2D eigenvalue weighted by Crippen LogP contribution is 2.13. The maximum Gasteiger partial charge on any atom is 0.222 e. The lowest BCUT2D eigenvalue weighted by molar-refractivity contribution is -0.133. The first-order valence-corrected chi connectivity index (χ1v) is 7.94. The molecule has 0 aromatic heterocycles. The second kappa shape index (κ2) is 9.15. The Balaban J connectivity index is 1.84. The Labute approximate surface area is 136 Å². The molecule has 0 unspecified atom stereocenters. The van der Waals surface area contributed by atoms with Crippen molar-refractivity contribution in [2.45, 2.75) is 19.3 Å². The largest absolute Gasteiger partial charge is 0.497 e. The van der Waals surface area contributed by atoms with Gasteiger partial charge in [-0.15, -0.1) is 0 Å². The average molecular weight is 320 g/mol. The number of benzene rings is 1. The maximum atomic E-state index is 12.4. The van der Waals surface area contributed by atoms with E-state index in [1.807, 2.05) is 24.3 Å². The zero-order valence-electron chi connectivity index (χ0n) is 13.5. The summed E-state index contributed by atoms with van der Waals surface area (Å²) in [6.45, 7) is 2.50. The number of nitrogens with one attached hydrogen (secondary N) is 1. The number of carbonyl (C=O) groups excluding carboxylic acids is 2. The second-order valence-electron chi connectivity index (χ2n) is 5.44. The number of methoxy groups -OCH3 is 1. The average Bonchev–Trinajstić information content (AvgIpc) is 2.59. The highest BCUT2D eigenvalue weighted by molar-refractivity contribution is 5.79. The highest BCUT2D eigenvalue weighted by Gasteiger charge is 2.16. The van der Waals surface area contributed by atoms with Crippen molar-refractivity contribution in [3.8, 4) is 5.75 Å². The van der Waals surface area contributed by atoms with Crippen LogP contribution in [0.2, 0.25) is 0 Å². The van der Waals surface area contributed by atoms with E-state index < -0.39 is 0 Å². The Morgan fingerprint density at radius 2 is 2.04 bits per heavy atom. The van der Waals surface area contributed by atoms with Gasteiger partial charge in [0.2, 0.25) is 11.8 Å². The van der Waals surface area contributed by atoms with Crippen LogP contribution in [0, 0.1) is 0 Å². The van der Waals surface area contributed by atoms with Crippen molar-refractivity contribution in [2.75, 3.05) is 40.0 Å². The smallest absolute Gasteiger partial charge is 0.222 e. The van der Waals surface area contributed by atoms with Gasteiger partial charge in [-0.3, -0.25) is 9.59 Å². The fourth-order valence-electron chi connectivity index (χ4n) is 2.43. The summed E-state index contributed by atoms with van der Waals surface area (Å²) in [5, 5.41) is 2.77. The molecule has 6 heteroatoms. The molecule has 0 radical (unpaired) electrons. The lowest BCUT2D eigenvalue weighted by Gasteiger charge is -2.24. The summed E-state index contributed by atoms with van der Waals surface area (Å²) < 4.78 is 10.5. The topological polar surface area (TPSA) is 67.9 Å². The van der Waals surface area contributed by atoms with Crippen LogP contribution >= 0.6 is 0 Å². The van der Waals surface area contributed by atoms with Crippen LogP contribution in [0.15, 0.2) is 24.3 Å². The minimum absolute atomic E-state index is 0.0385. The summed E-state index contributed by atoms with van der Waals surface area (Å²) in [7, 11) is 1.63. The van der Waals surface area contributed by atoms with Crippen LogP contribution in [0.4, 0.5) is 0 Å². The first kappa shape index (κ1) is 17.3. The molecule has 0 aliphatic carbocycles. The van der Waals surface area contributed by atoms with Crippen LogP contribution in [-0.2, 0) is 20.7 Å². The van der Waals surface area contributed by atoms with Crippen LogP contribution in [0.3, 0.4) is 0 Å². The molecular weight excluding hydrogens is 296 g/mol. The molecule has 0 saturated carbocycles. The van der Waals surface area contributed by atoms with E-state index in [1.54, 1.807) is 12.0 Å². The SMILES string of the molecule is COc1ccc(CCC(=O)N2CCOCCNC(=O)CC2)cc1. The normalized spacial score (nSPS) is 16.6. The number of hydrogen-bond donors (Lipinski definition) is 1. The molecule has 2 amide bonds. The summed E-state index contributed by atoms with van der Waals surface area (Å²) in [4.78, 5) is 25.7. The van der Waals surface area contributed by atoms with E-state index in [1.165, 1.54) is 0 Å². The van der Waals surface area contributed by atoms with Crippen molar-refractivity contribution in [1.29, 1.82) is 0 Å². The molecule has 1 aliphatic heterocycles. The van der Waals surface area contributed by atoms with Gasteiger partial charge in [0.1, 0.15) is 5.75 Å². The van der Waals surface area contributed by atoms with Gasteiger partial charge in [-0.2, -0.15) is 0 Å². The predicted molar refractivity (Wildman–Crippen MR) is 86.3 cm³/mol. The lowest BCUT2D eigenvalue weighted by atomic mass is 10.1. The molecule has 1 aromatic rings. The molecular formula is C17H24N2O4. The molecule has 6 nitrogen and oxygen atoms in total. The van der Waals surface area contributed by atoms with E-state index in [9.17, 15) is 9.59 Å². The molecule has 1 saturated heterocycles. The third-order valence-corrected chi connectivity index (χ3v) is 3.82. The van der Waals surface area contributed by atoms with Crippen LogP contribution in [0.1, 0.15) is 18.4 Å². The third kappa shape index (κ3) is 5.90. The van der Waals surface area contributed by atoms with Crippen molar-refractivity contribution in [3.05, 3.63) is 29.8 Å². The molecule has 0 spiro atoms. The molecule has 0 bridgehead atoms. The van der Waals surface area contributed by atoms with Gasteiger partial charge < -0.3 is 19.7 Å². The van der Waals surface area contributed by atoms with Crippen molar-refractivity contribution in [2.24, 2.45) is 0 Å². The number of carbonyl (C=O) groups is 2. The Bertz CT molecular complexity index is 516. The fourth-order valence-corrected chi connectivity index (χ4v) is 2.43. The van der Waals surface area contributed by atoms with Gasteiger partial charge >= 0.3 is 0 Å². The number of amides is 2. The van der Waals surface area contributed by atoms with Gasteiger partial charge in [0, 0.05) is 32.5 Å². The molecule has 126 valence electrons.